The van der Waals surface area contributed by atoms with Crippen LogP contribution in [-0.4, -0.2) is 13.2 Å². The maximum atomic E-state index is 5.56. The van der Waals surface area contributed by atoms with E-state index in [-0.39, 0.29) is 0 Å². The third kappa shape index (κ3) is 5.33. The van der Waals surface area contributed by atoms with Crippen molar-refractivity contribution >= 4 is 0 Å². The van der Waals surface area contributed by atoms with Crippen LogP contribution in [0.25, 0.3) is 0 Å². The molecule has 0 amide bonds. The Labute approximate surface area is 97.7 Å². The molecule has 1 aromatic rings. The van der Waals surface area contributed by atoms with E-state index in [2.05, 4.69) is 13.8 Å². The molecule has 0 aliphatic rings. The average Bonchev–Trinajstić information content (AvgIpc) is 2.73. The maximum absolute atomic E-state index is 5.56. The van der Waals surface area contributed by atoms with Crippen molar-refractivity contribution in [1.82, 2.24) is 0 Å². The van der Waals surface area contributed by atoms with Gasteiger partial charge in [0.05, 0.1) is 0 Å². The van der Waals surface area contributed by atoms with E-state index in [1.54, 1.807) is 0 Å². The van der Waals surface area contributed by atoms with Gasteiger partial charge in [0, 0.05) is 13.2 Å². The zero-order chi connectivity index (χ0) is 11.6. The number of rotatable bonds is 9. The molecular weight excluding hydrogens is 204 g/mol. The van der Waals surface area contributed by atoms with Crippen LogP contribution in [0.1, 0.15) is 44.6 Å². The fraction of sp³-hybridized carbons (Fsp3) is 0.692. The molecule has 0 unspecified atom stereocenters. The second kappa shape index (κ2) is 8.36. The third-order valence-electron chi connectivity index (χ3n) is 2.20. The van der Waals surface area contributed by atoms with Gasteiger partial charge in [-0.1, -0.05) is 20.3 Å². The van der Waals surface area contributed by atoms with Crippen LogP contribution in [0.2, 0.25) is 0 Å². The first-order chi connectivity index (χ1) is 7.86. The van der Waals surface area contributed by atoms with Gasteiger partial charge >= 0.3 is 0 Å². The summed E-state index contributed by atoms with van der Waals surface area (Å²) >= 11 is 0. The predicted octanol–water partition coefficient (Wildman–Crippen LogP) is 3.52. The van der Waals surface area contributed by atoms with E-state index < -0.39 is 0 Å². The van der Waals surface area contributed by atoms with Gasteiger partial charge in [0.2, 0.25) is 0 Å². The molecule has 0 saturated heterocycles. The predicted molar refractivity (Wildman–Crippen MR) is 63.2 cm³/mol. The van der Waals surface area contributed by atoms with Crippen molar-refractivity contribution in [2.45, 2.75) is 46.3 Å². The normalized spacial score (nSPS) is 10.9. The molecule has 0 atom stereocenters. The summed E-state index contributed by atoms with van der Waals surface area (Å²) in [7, 11) is 0. The van der Waals surface area contributed by atoms with Gasteiger partial charge in [-0.05, 0) is 25.0 Å². The number of hydrogen-bond donors (Lipinski definition) is 0. The van der Waals surface area contributed by atoms with E-state index in [0.717, 1.165) is 44.0 Å². The minimum absolute atomic E-state index is 0.558. The van der Waals surface area contributed by atoms with Crippen LogP contribution in [0.3, 0.4) is 0 Å². The molecule has 0 aromatic carbocycles. The van der Waals surface area contributed by atoms with E-state index >= 15 is 0 Å². The Balaban J connectivity index is 2.17. The lowest BCUT2D eigenvalue weighted by molar-refractivity contribution is 0.0886. The Hall–Kier alpha value is -0.800. The first kappa shape index (κ1) is 13.3. The van der Waals surface area contributed by atoms with Gasteiger partial charge in [0.25, 0.3) is 0 Å². The molecule has 0 fully saturated rings. The van der Waals surface area contributed by atoms with Gasteiger partial charge < -0.3 is 13.9 Å². The molecule has 0 radical (unpaired) electrons. The molecule has 16 heavy (non-hydrogen) atoms. The zero-order valence-electron chi connectivity index (χ0n) is 10.3. The first-order valence-electron chi connectivity index (χ1n) is 6.09. The second-order valence-corrected chi connectivity index (χ2v) is 3.83. The van der Waals surface area contributed by atoms with Gasteiger partial charge in [-0.15, -0.1) is 0 Å². The Kier molecular flexibility index (Phi) is 6.93. The van der Waals surface area contributed by atoms with Crippen LogP contribution < -0.4 is 0 Å². The van der Waals surface area contributed by atoms with Crippen molar-refractivity contribution in [1.29, 1.82) is 0 Å². The summed E-state index contributed by atoms with van der Waals surface area (Å²) in [4.78, 5) is 0. The summed E-state index contributed by atoms with van der Waals surface area (Å²) in [5.74, 6) is 1.76. The van der Waals surface area contributed by atoms with Crippen LogP contribution in [0, 0.1) is 0 Å². The summed E-state index contributed by atoms with van der Waals surface area (Å²) in [6, 6.07) is 3.91. The SMILES string of the molecule is CCCCOCc1ccc(COCCC)o1. The Morgan fingerprint density at radius 2 is 1.56 bits per heavy atom. The second-order valence-electron chi connectivity index (χ2n) is 3.83. The molecule has 0 N–H and O–H groups in total. The average molecular weight is 226 g/mol. The number of ether oxygens (including phenoxy) is 2. The maximum Gasteiger partial charge on any atom is 0.129 e. The van der Waals surface area contributed by atoms with Crippen LogP contribution in [0.5, 0.6) is 0 Å². The molecule has 0 aliphatic carbocycles. The lowest BCUT2D eigenvalue weighted by atomic mass is 10.4. The lowest BCUT2D eigenvalue weighted by Crippen LogP contribution is -1.94. The number of unbranched alkanes of at least 4 members (excludes halogenated alkanes) is 1. The molecule has 3 heteroatoms. The molecule has 0 bridgehead atoms. The van der Waals surface area contributed by atoms with Crippen LogP contribution in [0.15, 0.2) is 16.5 Å². The van der Waals surface area contributed by atoms with Gasteiger partial charge in [-0.2, -0.15) is 0 Å². The smallest absolute Gasteiger partial charge is 0.129 e. The quantitative estimate of drug-likeness (QED) is 0.604. The van der Waals surface area contributed by atoms with Crippen molar-refractivity contribution in [3.63, 3.8) is 0 Å². The zero-order valence-corrected chi connectivity index (χ0v) is 10.3. The molecule has 1 rings (SSSR count). The van der Waals surface area contributed by atoms with Crippen molar-refractivity contribution in [3.05, 3.63) is 23.7 Å². The summed E-state index contributed by atoms with van der Waals surface area (Å²) in [6.45, 7) is 6.95. The summed E-state index contributed by atoms with van der Waals surface area (Å²) in [6.07, 6.45) is 3.30. The van der Waals surface area contributed by atoms with Crippen molar-refractivity contribution in [2.75, 3.05) is 13.2 Å². The third-order valence-corrected chi connectivity index (χ3v) is 2.20. The van der Waals surface area contributed by atoms with E-state index in [1.807, 2.05) is 12.1 Å². The van der Waals surface area contributed by atoms with Crippen LogP contribution in [-0.2, 0) is 22.7 Å². The molecule has 1 aromatic heterocycles. The van der Waals surface area contributed by atoms with Gasteiger partial charge in [-0.3, -0.25) is 0 Å². The van der Waals surface area contributed by atoms with Gasteiger partial charge in [0.1, 0.15) is 24.7 Å². The summed E-state index contributed by atoms with van der Waals surface area (Å²) in [5.41, 5.74) is 0. The molecule has 0 spiro atoms. The van der Waals surface area contributed by atoms with E-state index in [9.17, 15) is 0 Å². The fourth-order valence-corrected chi connectivity index (χ4v) is 1.31. The van der Waals surface area contributed by atoms with Crippen LogP contribution in [0.4, 0.5) is 0 Å². The van der Waals surface area contributed by atoms with Gasteiger partial charge in [0.15, 0.2) is 0 Å². The summed E-state index contributed by atoms with van der Waals surface area (Å²) in [5, 5.41) is 0. The number of furan rings is 1. The Morgan fingerprint density at radius 1 is 0.938 bits per heavy atom. The largest absolute Gasteiger partial charge is 0.461 e. The minimum Gasteiger partial charge on any atom is -0.461 e. The molecular formula is C13H22O3. The molecule has 92 valence electrons. The fourth-order valence-electron chi connectivity index (χ4n) is 1.31. The molecule has 1 heterocycles. The Bertz CT molecular complexity index is 268. The molecule has 3 nitrogen and oxygen atoms in total. The summed E-state index contributed by atoms with van der Waals surface area (Å²) < 4.78 is 16.4. The standard InChI is InChI=1S/C13H22O3/c1-3-5-9-15-11-13-7-6-12(16-13)10-14-8-4-2/h6-7H,3-5,8-11H2,1-2H3. The van der Waals surface area contributed by atoms with E-state index in [0.29, 0.717) is 13.2 Å². The topological polar surface area (TPSA) is 31.6 Å². The van der Waals surface area contributed by atoms with Crippen molar-refractivity contribution in [2.24, 2.45) is 0 Å². The van der Waals surface area contributed by atoms with E-state index in [4.69, 9.17) is 13.9 Å². The lowest BCUT2D eigenvalue weighted by Gasteiger charge is -2.01. The first-order valence-corrected chi connectivity index (χ1v) is 6.09. The molecule has 0 saturated carbocycles. The van der Waals surface area contributed by atoms with E-state index in [1.165, 1.54) is 0 Å². The highest BCUT2D eigenvalue weighted by molar-refractivity contribution is 5.05. The highest BCUT2D eigenvalue weighted by Crippen LogP contribution is 2.10. The number of hydrogen-bond acceptors (Lipinski definition) is 3. The highest BCUT2D eigenvalue weighted by atomic mass is 16.5. The molecule has 0 aliphatic heterocycles. The van der Waals surface area contributed by atoms with Gasteiger partial charge in [-0.25, -0.2) is 0 Å². The van der Waals surface area contributed by atoms with Crippen LogP contribution >= 0.6 is 0 Å². The van der Waals surface area contributed by atoms with Crippen molar-refractivity contribution in [3.8, 4) is 0 Å². The Morgan fingerprint density at radius 3 is 2.12 bits per heavy atom. The highest BCUT2D eigenvalue weighted by Gasteiger charge is 2.02. The minimum atomic E-state index is 0.558. The van der Waals surface area contributed by atoms with Crippen molar-refractivity contribution < 1.29 is 13.9 Å². The monoisotopic (exact) mass is 226 g/mol.